The van der Waals surface area contributed by atoms with E-state index in [-0.39, 0.29) is 11.6 Å². The first kappa shape index (κ1) is 11.1. The smallest absolute Gasteiger partial charge is 0.277 e. The lowest BCUT2D eigenvalue weighted by Gasteiger charge is -2.12. The lowest BCUT2D eigenvalue weighted by atomic mass is 10.2. The van der Waals surface area contributed by atoms with Gasteiger partial charge < -0.3 is 10.2 Å². The Labute approximate surface area is 98.6 Å². The van der Waals surface area contributed by atoms with Gasteiger partial charge in [-0.25, -0.2) is 0 Å². The van der Waals surface area contributed by atoms with Crippen molar-refractivity contribution in [3.05, 3.63) is 36.2 Å². The molecule has 0 fully saturated rings. The quantitative estimate of drug-likeness (QED) is 0.830. The molecule has 1 aromatic carbocycles. The topological polar surface area (TPSA) is 73.9 Å². The largest absolute Gasteiger partial charge is 0.378 e. The Morgan fingerprint density at radius 3 is 2.53 bits per heavy atom. The van der Waals surface area contributed by atoms with Gasteiger partial charge in [0.1, 0.15) is 0 Å². The standard InChI is InChI=1S/C11H13N5O/c1-16(2)9-5-3-8(4-6-9)13-11(17)10-7-12-15-14-10/h3-7H,1-2H3,(H,13,17)(H,12,14,15). The third-order valence-electron chi connectivity index (χ3n) is 2.29. The minimum absolute atomic E-state index is 0.265. The van der Waals surface area contributed by atoms with E-state index in [9.17, 15) is 4.79 Å². The van der Waals surface area contributed by atoms with Crippen molar-refractivity contribution in [3.63, 3.8) is 0 Å². The van der Waals surface area contributed by atoms with Crippen LogP contribution in [0.3, 0.4) is 0 Å². The molecular weight excluding hydrogens is 218 g/mol. The Morgan fingerprint density at radius 1 is 1.29 bits per heavy atom. The summed E-state index contributed by atoms with van der Waals surface area (Å²) in [6.45, 7) is 0. The van der Waals surface area contributed by atoms with Gasteiger partial charge in [-0.05, 0) is 24.3 Å². The van der Waals surface area contributed by atoms with E-state index in [1.165, 1.54) is 6.20 Å². The van der Waals surface area contributed by atoms with Gasteiger partial charge in [-0.3, -0.25) is 4.79 Å². The summed E-state index contributed by atoms with van der Waals surface area (Å²) < 4.78 is 0. The molecule has 0 saturated heterocycles. The molecule has 0 saturated carbocycles. The number of amides is 1. The highest BCUT2D eigenvalue weighted by atomic mass is 16.2. The zero-order valence-corrected chi connectivity index (χ0v) is 9.64. The Bertz CT molecular complexity index is 489. The fourth-order valence-corrected chi connectivity index (χ4v) is 1.35. The summed E-state index contributed by atoms with van der Waals surface area (Å²) in [6, 6.07) is 7.54. The number of hydrogen-bond acceptors (Lipinski definition) is 4. The van der Waals surface area contributed by atoms with Crippen molar-refractivity contribution in [2.75, 3.05) is 24.3 Å². The Balaban J connectivity index is 2.07. The third-order valence-corrected chi connectivity index (χ3v) is 2.29. The summed E-state index contributed by atoms with van der Waals surface area (Å²) in [6.07, 6.45) is 1.38. The number of aromatic nitrogens is 3. The van der Waals surface area contributed by atoms with Crippen LogP contribution in [0.1, 0.15) is 10.5 Å². The van der Waals surface area contributed by atoms with E-state index >= 15 is 0 Å². The van der Waals surface area contributed by atoms with Gasteiger partial charge in [0.2, 0.25) is 0 Å². The molecule has 0 aliphatic carbocycles. The maximum Gasteiger partial charge on any atom is 0.277 e. The van der Waals surface area contributed by atoms with Crippen LogP contribution in [0.5, 0.6) is 0 Å². The van der Waals surface area contributed by atoms with E-state index in [0.717, 1.165) is 11.4 Å². The fourth-order valence-electron chi connectivity index (χ4n) is 1.35. The number of aromatic amines is 1. The maximum atomic E-state index is 11.6. The third kappa shape index (κ3) is 2.60. The number of carbonyl (C=O) groups is 1. The number of nitrogens with zero attached hydrogens (tertiary/aromatic N) is 3. The number of H-pyrrole nitrogens is 1. The number of rotatable bonds is 3. The van der Waals surface area contributed by atoms with Crippen LogP contribution in [-0.4, -0.2) is 35.4 Å². The molecular formula is C11H13N5O. The predicted molar refractivity (Wildman–Crippen MR) is 65.1 cm³/mol. The lowest BCUT2D eigenvalue weighted by Crippen LogP contribution is -2.13. The normalized spacial score (nSPS) is 10.0. The summed E-state index contributed by atoms with van der Waals surface area (Å²) in [4.78, 5) is 13.6. The molecule has 2 aromatic rings. The molecule has 0 unspecified atom stereocenters. The molecule has 0 atom stereocenters. The summed E-state index contributed by atoms with van der Waals surface area (Å²) >= 11 is 0. The van der Waals surface area contributed by atoms with Gasteiger partial charge in [0, 0.05) is 25.5 Å². The van der Waals surface area contributed by atoms with E-state index in [2.05, 4.69) is 20.7 Å². The van der Waals surface area contributed by atoms with Crippen molar-refractivity contribution in [3.8, 4) is 0 Å². The number of anilines is 2. The monoisotopic (exact) mass is 231 g/mol. The van der Waals surface area contributed by atoms with Crippen LogP contribution in [0.4, 0.5) is 11.4 Å². The molecule has 88 valence electrons. The molecule has 0 aliphatic rings. The SMILES string of the molecule is CN(C)c1ccc(NC(=O)c2cn[nH]n2)cc1. The number of nitrogens with one attached hydrogen (secondary N) is 2. The van der Waals surface area contributed by atoms with Crippen LogP contribution in [-0.2, 0) is 0 Å². The van der Waals surface area contributed by atoms with Gasteiger partial charge in [0.05, 0.1) is 6.20 Å². The highest BCUT2D eigenvalue weighted by molar-refractivity contribution is 6.02. The van der Waals surface area contributed by atoms with Gasteiger partial charge in [0.15, 0.2) is 5.69 Å². The lowest BCUT2D eigenvalue weighted by molar-refractivity contribution is 0.102. The van der Waals surface area contributed by atoms with E-state index < -0.39 is 0 Å². The van der Waals surface area contributed by atoms with Gasteiger partial charge in [-0.2, -0.15) is 15.4 Å². The second-order valence-corrected chi connectivity index (χ2v) is 3.75. The minimum Gasteiger partial charge on any atom is -0.378 e. The highest BCUT2D eigenvalue weighted by Crippen LogP contribution is 2.15. The predicted octanol–water partition coefficient (Wildman–Crippen LogP) is 1.12. The van der Waals surface area contributed by atoms with Crippen LogP contribution < -0.4 is 10.2 Å². The summed E-state index contributed by atoms with van der Waals surface area (Å²) in [5.41, 5.74) is 2.06. The number of hydrogen-bond donors (Lipinski definition) is 2. The van der Waals surface area contributed by atoms with Gasteiger partial charge in [-0.1, -0.05) is 0 Å². The molecule has 1 aromatic heterocycles. The Morgan fingerprint density at radius 2 is 2.00 bits per heavy atom. The fraction of sp³-hybridized carbons (Fsp3) is 0.182. The van der Waals surface area contributed by atoms with Crippen LogP contribution in [0.15, 0.2) is 30.5 Å². The van der Waals surface area contributed by atoms with Crippen LogP contribution in [0.2, 0.25) is 0 Å². The van der Waals surface area contributed by atoms with Gasteiger partial charge in [-0.15, -0.1) is 0 Å². The molecule has 0 spiro atoms. The molecule has 0 aliphatic heterocycles. The average Bonchev–Trinajstić information content (AvgIpc) is 2.83. The van der Waals surface area contributed by atoms with Crippen LogP contribution in [0.25, 0.3) is 0 Å². The minimum atomic E-state index is -0.281. The summed E-state index contributed by atoms with van der Waals surface area (Å²) in [7, 11) is 3.92. The van der Waals surface area contributed by atoms with Crippen molar-refractivity contribution < 1.29 is 4.79 Å². The van der Waals surface area contributed by atoms with Crippen molar-refractivity contribution in [2.45, 2.75) is 0 Å². The molecule has 17 heavy (non-hydrogen) atoms. The van der Waals surface area contributed by atoms with E-state index in [1.54, 1.807) is 0 Å². The molecule has 1 amide bonds. The number of carbonyl (C=O) groups excluding carboxylic acids is 1. The van der Waals surface area contributed by atoms with Crippen LogP contribution in [0, 0.1) is 0 Å². The molecule has 2 rings (SSSR count). The molecule has 0 bridgehead atoms. The molecule has 1 heterocycles. The maximum absolute atomic E-state index is 11.6. The zero-order chi connectivity index (χ0) is 12.3. The van der Waals surface area contributed by atoms with E-state index in [0.29, 0.717) is 0 Å². The number of benzene rings is 1. The van der Waals surface area contributed by atoms with Crippen molar-refractivity contribution in [1.29, 1.82) is 0 Å². The highest BCUT2D eigenvalue weighted by Gasteiger charge is 2.08. The van der Waals surface area contributed by atoms with E-state index in [1.807, 2.05) is 43.3 Å². The first-order valence-corrected chi connectivity index (χ1v) is 5.11. The first-order chi connectivity index (χ1) is 8.16. The second kappa shape index (κ2) is 4.65. The Hall–Kier alpha value is -2.37. The second-order valence-electron chi connectivity index (χ2n) is 3.75. The van der Waals surface area contributed by atoms with E-state index in [4.69, 9.17) is 0 Å². The summed E-state index contributed by atoms with van der Waals surface area (Å²) in [5.74, 6) is -0.281. The zero-order valence-electron chi connectivity index (χ0n) is 9.64. The van der Waals surface area contributed by atoms with Crippen molar-refractivity contribution in [2.24, 2.45) is 0 Å². The van der Waals surface area contributed by atoms with Crippen LogP contribution >= 0.6 is 0 Å². The molecule has 0 radical (unpaired) electrons. The van der Waals surface area contributed by atoms with Crippen molar-refractivity contribution >= 4 is 17.3 Å². The van der Waals surface area contributed by atoms with Gasteiger partial charge >= 0.3 is 0 Å². The van der Waals surface area contributed by atoms with Gasteiger partial charge in [0.25, 0.3) is 5.91 Å². The average molecular weight is 231 g/mol. The molecule has 6 nitrogen and oxygen atoms in total. The molecule has 6 heteroatoms. The van der Waals surface area contributed by atoms with Crippen molar-refractivity contribution in [1.82, 2.24) is 15.4 Å². The summed E-state index contributed by atoms with van der Waals surface area (Å²) in [5, 5.41) is 12.4. The molecule has 2 N–H and O–H groups in total. The first-order valence-electron chi connectivity index (χ1n) is 5.11. The Kier molecular flexibility index (Phi) is 3.04.